The molecule has 0 fully saturated rings. The Labute approximate surface area is 94.4 Å². The summed E-state index contributed by atoms with van der Waals surface area (Å²) in [5.41, 5.74) is 0.731. The first-order valence-electron chi connectivity index (χ1n) is 4.58. The highest BCUT2D eigenvalue weighted by Gasteiger charge is 2.16. The van der Waals surface area contributed by atoms with Gasteiger partial charge in [0.25, 0.3) is 0 Å². The Morgan fingerprint density at radius 1 is 1.31 bits per heavy atom. The Hall–Kier alpha value is -1.40. The van der Waals surface area contributed by atoms with E-state index in [1.807, 2.05) is 0 Å². The van der Waals surface area contributed by atoms with E-state index in [2.05, 4.69) is 0 Å². The number of hydrogen-bond donors (Lipinski definition) is 0. The summed E-state index contributed by atoms with van der Waals surface area (Å²) in [5.74, 6) is -1.42. The summed E-state index contributed by atoms with van der Waals surface area (Å²) in [6.07, 6.45) is 0.971. The Kier molecular flexibility index (Phi) is 4.03. The molecule has 1 aromatic carbocycles. The molecule has 0 unspecified atom stereocenters. The number of aliphatic carboxylic acids is 1. The highest BCUT2D eigenvalue weighted by Crippen LogP contribution is 2.07. The molecule has 0 radical (unpaired) electrons. The van der Waals surface area contributed by atoms with E-state index in [1.165, 1.54) is 0 Å². The number of benzene rings is 1. The summed E-state index contributed by atoms with van der Waals surface area (Å²) in [6.45, 7) is -0.596. The molecule has 0 saturated heterocycles. The van der Waals surface area contributed by atoms with Crippen molar-refractivity contribution in [2.75, 3.05) is 12.8 Å². The van der Waals surface area contributed by atoms with E-state index in [0.29, 0.717) is 0 Å². The van der Waals surface area contributed by atoms with E-state index in [1.54, 1.807) is 30.3 Å². The lowest BCUT2D eigenvalue weighted by molar-refractivity contribution is -0.305. The van der Waals surface area contributed by atoms with Crippen LogP contribution in [0.2, 0.25) is 0 Å². The summed E-state index contributed by atoms with van der Waals surface area (Å²) >= 11 is 0. The molecule has 88 valence electrons. The molecule has 5 nitrogen and oxygen atoms in total. The van der Waals surface area contributed by atoms with Gasteiger partial charge in [0.15, 0.2) is 0 Å². The third-order valence-corrected chi connectivity index (χ3v) is 3.17. The molecular formula is C10H12NO4S-. The van der Waals surface area contributed by atoms with Crippen LogP contribution in [-0.2, 0) is 21.4 Å². The van der Waals surface area contributed by atoms with Crippen molar-refractivity contribution in [1.82, 2.24) is 4.31 Å². The van der Waals surface area contributed by atoms with Crippen molar-refractivity contribution < 1.29 is 18.3 Å². The second-order valence-corrected chi connectivity index (χ2v) is 5.37. The number of hydrogen-bond acceptors (Lipinski definition) is 4. The number of nitrogens with zero attached hydrogens (tertiary/aromatic N) is 1. The van der Waals surface area contributed by atoms with Crippen molar-refractivity contribution in [2.24, 2.45) is 0 Å². The van der Waals surface area contributed by atoms with Crippen LogP contribution in [0.4, 0.5) is 0 Å². The molecule has 0 amide bonds. The van der Waals surface area contributed by atoms with Gasteiger partial charge in [-0.05, 0) is 5.56 Å². The summed E-state index contributed by atoms with van der Waals surface area (Å²) in [6, 6.07) is 8.78. The fraction of sp³-hybridized carbons (Fsp3) is 0.300. The van der Waals surface area contributed by atoms with Crippen molar-refractivity contribution in [3.05, 3.63) is 35.9 Å². The molecule has 0 bridgehead atoms. The molecule has 1 rings (SSSR count). The zero-order chi connectivity index (χ0) is 12.2. The first kappa shape index (κ1) is 12.7. The predicted octanol–water partition coefficient (Wildman–Crippen LogP) is -0.802. The third-order valence-electron chi connectivity index (χ3n) is 1.98. The first-order chi connectivity index (χ1) is 7.39. The Morgan fingerprint density at radius 2 is 1.88 bits per heavy atom. The maximum absolute atomic E-state index is 11.3. The first-order valence-corrected chi connectivity index (χ1v) is 6.43. The molecule has 0 spiro atoms. The molecule has 0 saturated carbocycles. The number of rotatable bonds is 5. The summed E-state index contributed by atoms with van der Waals surface area (Å²) in [5, 5.41) is 10.4. The Balaban J connectivity index is 2.84. The number of carbonyl (C=O) groups is 1. The highest BCUT2D eigenvalue weighted by atomic mass is 32.2. The highest BCUT2D eigenvalue weighted by molar-refractivity contribution is 7.88. The van der Waals surface area contributed by atoms with Crippen molar-refractivity contribution in [3.63, 3.8) is 0 Å². The maximum atomic E-state index is 11.3. The smallest absolute Gasteiger partial charge is 0.211 e. The van der Waals surface area contributed by atoms with Crippen molar-refractivity contribution >= 4 is 16.0 Å². The number of carboxylic acids is 1. The number of carbonyl (C=O) groups excluding carboxylic acids is 1. The van der Waals surface area contributed by atoms with Crippen LogP contribution < -0.4 is 5.11 Å². The lowest BCUT2D eigenvalue weighted by Crippen LogP contribution is -2.40. The molecule has 0 heterocycles. The van der Waals surface area contributed by atoms with Crippen LogP contribution in [0.5, 0.6) is 0 Å². The topological polar surface area (TPSA) is 77.5 Å². The Bertz CT molecular complexity index is 455. The second kappa shape index (κ2) is 5.09. The SMILES string of the molecule is CS(=O)(=O)N(CC(=O)[O-])Cc1ccccc1. The maximum Gasteiger partial charge on any atom is 0.211 e. The molecule has 0 N–H and O–H groups in total. The van der Waals surface area contributed by atoms with Gasteiger partial charge in [0.05, 0.1) is 18.8 Å². The second-order valence-electron chi connectivity index (χ2n) is 3.39. The van der Waals surface area contributed by atoms with E-state index in [9.17, 15) is 18.3 Å². The molecule has 16 heavy (non-hydrogen) atoms. The molecule has 6 heteroatoms. The van der Waals surface area contributed by atoms with E-state index >= 15 is 0 Å². The fourth-order valence-electron chi connectivity index (χ4n) is 1.22. The van der Waals surface area contributed by atoms with Crippen LogP contribution in [0, 0.1) is 0 Å². The summed E-state index contributed by atoms with van der Waals surface area (Å²) in [7, 11) is -3.55. The van der Waals surface area contributed by atoms with Gasteiger partial charge in [-0.25, -0.2) is 8.42 Å². The molecule has 1 aromatic rings. The normalized spacial score (nSPS) is 11.6. The quantitative estimate of drug-likeness (QED) is 0.677. The molecule has 0 atom stereocenters. The number of carboxylic acid groups (broad SMARTS) is 1. The minimum Gasteiger partial charge on any atom is -0.549 e. The van der Waals surface area contributed by atoms with Crippen LogP contribution in [0.1, 0.15) is 5.56 Å². The monoisotopic (exact) mass is 242 g/mol. The molecule has 0 aromatic heterocycles. The summed E-state index contributed by atoms with van der Waals surface area (Å²) < 4.78 is 23.5. The van der Waals surface area contributed by atoms with E-state index in [4.69, 9.17) is 0 Å². The van der Waals surface area contributed by atoms with Gasteiger partial charge in [0.2, 0.25) is 10.0 Å². The van der Waals surface area contributed by atoms with E-state index in [-0.39, 0.29) is 6.54 Å². The Morgan fingerprint density at radius 3 is 2.31 bits per heavy atom. The zero-order valence-corrected chi connectivity index (χ0v) is 9.61. The van der Waals surface area contributed by atoms with Crippen LogP contribution in [-0.4, -0.2) is 31.5 Å². The average Bonchev–Trinajstić information content (AvgIpc) is 2.16. The molecular weight excluding hydrogens is 230 g/mol. The van der Waals surface area contributed by atoms with Crippen molar-refractivity contribution in [2.45, 2.75) is 6.54 Å². The fourth-order valence-corrected chi connectivity index (χ4v) is 1.94. The van der Waals surface area contributed by atoms with Crippen LogP contribution in [0.15, 0.2) is 30.3 Å². The van der Waals surface area contributed by atoms with Crippen LogP contribution in [0.25, 0.3) is 0 Å². The predicted molar refractivity (Wildman–Crippen MR) is 56.7 cm³/mol. The van der Waals surface area contributed by atoms with Gasteiger partial charge >= 0.3 is 0 Å². The zero-order valence-electron chi connectivity index (χ0n) is 8.79. The van der Waals surface area contributed by atoms with Crippen LogP contribution >= 0.6 is 0 Å². The van der Waals surface area contributed by atoms with Gasteiger partial charge in [-0.2, -0.15) is 4.31 Å². The molecule has 0 aliphatic carbocycles. The van der Waals surface area contributed by atoms with E-state index < -0.39 is 22.5 Å². The molecule has 0 aliphatic heterocycles. The largest absolute Gasteiger partial charge is 0.549 e. The average molecular weight is 242 g/mol. The standard InChI is InChI=1S/C10H13NO4S/c1-16(14,15)11(8-10(12)13)7-9-5-3-2-4-6-9/h2-6H,7-8H2,1H3,(H,12,13)/p-1. The number of sulfonamides is 1. The van der Waals surface area contributed by atoms with Crippen LogP contribution in [0.3, 0.4) is 0 Å². The van der Waals surface area contributed by atoms with Gasteiger partial charge in [0.1, 0.15) is 0 Å². The van der Waals surface area contributed by atoms with Gasteiger partial charge < -0.3 is 9.90 Å². The van der Waals surface area contributed by atoms with Crippen molar-refractivity contribution in [1.29, 1.82) is 0 Å². The third kappa shape index (κ3) is 4.00. The van der Waals surface area contributed by atoms with Gasteiger partial charge in [0, 0.05) is 6.54 Å². The van der Waals surface area contributed by atoms with Gasteiger partial charge in [-0.15, -0.1) is 0 Å². The van der Waals surface area contributed by atoms with Crippen molar-refractivity contribution in [3.8, 4) is 0 Å². The minimum atomic E-state index is -3.55. The minimum absolute atomic E-state index is 0.0354. The lowest BCUT2D eigenvalue weighted by Gasteiger charge is -2.20. The summed E-state index contributed by atoms with van der Waals surface area (Å²) in [4.78, 5) is 10.4. The van der Waals surface area contributed by atoms with E-state index in [0.717, 1.165) is 16.1 Å². The van der Waals surface area contributed by atoms with Gasteiger partial charge in [-0.3, -0.25) is 0 Å². The van der Waals surface area contributed by atoms with Gasteiger partial charge in [-0.1, -0.05) is 30.3 Å². The lowest BCUT2D eigenvalue weighted by atomic mass is 10.2. The molecule has 0 aliphatic rings.